The molecule has 0 aromatic heterocycles. The van der Waals surface area contributed by atoms with E-state index in [2.05, 4.69) is 13.8 Å². The highest BCUT2D eigenvalue weighted by molar-refractivity contribution is 5.53. The first-order valence-corrected chi connectivity index (χ1v) is 7.19. The van der Waals surface area contributed by atoms with Gasteiger partial charge in [-0.1, -0.05) is 13.8 Å². The summed E-state index contributed by atoms with van der Waals surface area (Å²) in [4.78, 5) is 0. The molecular formula is C17H20O2. The second-order valence-electron chi connectivity index (χ2n) is 7.00. The Morgan fingerprint density at radius 2 is 2.11 bits per heavy atom. The van der Waals surface area contributed by atoms with E-state index >= 15 is 0 Å². The first-order chi connectivity index (χ1) is 8.96. The fourth-order valence-electron chi connectivity index (χ4n) is 4.19. The number of fused-ring (bicyclic) bond motifs is 1. The molecule has 4 aliphatic rings. The quantitative estimate of drug-likeness (QED) is 0.761. The Morgan fingerprint density at radius 3 is 2.84 bits per heavy atom. The van der Waals surface area contributed by atoms with Crippen molar-refractivity contribution in [2.75, 3.05) is 0 Å². The fourth-order valence-corrected chi connectivity index (χ4v) is 4.19. The molecule has 2 bridgehead atoms. The van der Waals surface area contributed by atoms with Crippen molar-refractivity contribution in [2.45, 2.75) is 40.0 Å². The average molecular weight is 256 g/mol. The van der Waals surface area contributed by atoms with E-state index in [1.165, 1.54) is 17.8 Å². The molecule has 0 radical (unpaired) electrons. The Bertz CT molecular complexity index is 610. The Morgan fingerprint density at radius 1 is 1.32 bits per heavy atom. The van der Waals surface area contributed by atoms with Crippen molar-refractivity contribution in [3.8, 4) is 11.5 Å². The molecule has 1 saturated carbocycles. The summed E-state index contributed by atoms with van der Waals surface area (Å²) in [6.45, 7) is 6.75. The molecule has 0 unspecified atom stereocenters. The molecule has 19 heavy (non-hydrogen) atoms. The summed E-state index contributed by atoms with van der Waals surface area (Å²) in [6, 6.07) is 3.88. The van der Waals surface area contributed by atoms with Crippen molar-refractivity contribution in [1.29, 1.82) is 0 Å². The highest BCUT2D eigenvalue weighted by Crippen LogP contribution is 2.63. The summed E-state index contributed by atoms with van der Waals surface area (Å²) in [6.07, 6.45) is 3.25. The fraction of sp³-hybridized carbons (Fsp3) is 0.529. The lowest BCUT2D eigenvalue weighted by atomic mass is 9.48. The first kappa shape index (κ1) is 11.4. The van der Waals surface area contributed by atoms with Crippen molar-refractivity contribution in [3.63, 3.8) is 0 Å². The number of benzene rings is 1. The van der Waals surface area contributed by atoms with Crippen LogP contribution in [0.25, 0.3) is 0 Å². The van der Waals surface area contributed by atoms with Gasteiger partial charge in [-0.05, 0) is 53.9 Å². The zero-order valence-corrected chi connectivity index (χ0v) is 11.8. The maximum atomic E-state index is 10.2. The second-order valence-corrected chi connectivity index (χ2v) is 7.00. The number of aromatic hydroxyl groups is 1. The minimum Gasteiger partial charge on any atom is -0.508 e. The van der Waals surface area contributed by atoms with E-state index in [4.69, 9.17) is 4.74 Å². The lowest BCUT2D eigenvalue weighted by molar-refractivity contribution is -0.0247. The van der Waals surface area contributed by atoms with Gasteiger partial charge in [0.15, 0.2) is 0 Å². The normalized spacial score (nSPS) is 30.1. The molecule has 2 nitrogen and oxygen atoms in total. The zero-order chi connectivity index (χ0) is 13.4. The molecule has 5 rings (SSSR count). The summed E-state index contributed by atoms with van der Waals surface area (Å²) < 4.78 is 6.11. The molecule has 0 spiro atoms. The van der Waals surface area contributed by atoms with Gasteiger partial charge < -0.3 is 9.84 Å². The number of rotatable bonds is 0. The number of phenolic OH excluding ortho intramolecular Hbond substituents is 1. The molecule has 0 amide bonds. The van der Waals surface area contributed by atoms with Gasteiger partial charge in [0.2, 0.25) is 0 Å². The van der Waals surface area contributed by atoms with E-state index in [1.54, 1.807) is 0 Å². The average Bonchev–Trinajstić information content (AvgIpc) is 2.35. The van der Waals surface area contributed by atoms with Crippen LogP contribution in [0.15, 0.2) is 23.5 Å². The third-order valence-corrected chi connectivity index (χ3v) is 5.61. The van der Waals surface area contributed by atoms with Gasteiger partial charge in [0, 0.05) is 18.4 Å². The molecule has 3 aliphatic carbocycles. The maximum Gasteiger partial charge on any atom is 0.134 e. The van der Waals surface area contributed by atoms with Crippen LogP contribution < -0.4 is 4.74 Å². The second kappa shape index (κ2) is 3.36. The summed E-state index contributed by atoms with van der Waals surface area (Å²) in [7, 11) is 0. The molecule has 2 atom stereocenters. The molecule has 2 heteroatoms. The van der Waals surface area contributed by atoms with Crippen LogP contribution >= 0.6 is 0 Å². The molecule has 1 aliphatic heterocycles. The number of aryl methyl sites for hydroxylation is 1. The molecule has 1 aromatic rings. The lowest BCUT2D eigenvalue weighted by Crippen LogP contribution is -2.50. The minimum atomic E-state index is 0.390. The van der Waals surface area contributed by atoms with Crippen LogP contribution in [0.3, 0.4) is 0 Å². The first-order valence-electron chi connectivity index (χ1n) is 7.19. The van der Waals surface area contributed by atoms with Gasteiger partial charge in [0.25, 0.3) is 0 Å². The largest absolute Gasteiger partial charge is 0.508 e. The van der Waals surface area contributed by atoms with Gasteiger partial charge in [0.1, 0.15) is 17.3 Å². The van der Waals surface area contributed by atoms with Gasteiger partial charge in [-0.15, -0.1) is 0 Å². The monoisotopic (exact) mass is 256 g/mol. The standard InChI is InChI=1S/C17H20O2/c1-9-4-14(18)12-8-11-13-6-10(17(13,2)3)7-16(11)19-15(12)5-9/h4-5,10,13,18H,6-8H2,1-3H3/t10-,13+/m1/s1. The highest BCUT2D eigenvalue weighted by Gasteiger charge is 2.54. The maximum absolute atomic E-state index is 10.2. The third-order valence-electron chi connectivity index (χ3n) is 5.61. The van der Waals surface area contributed by atoms with Crippen LogP contribution in [0.2, 0.25) is 0 Å². The summed E-state index contributed by atoms with van der Waals surface area (Å²) in [5.74, 6) is 3.88. The van der Waals surface area contributed by atoms with Crippen molar-refractivity contribution in [1.82, 2.24) is 0 Å². The van der Waals surface area contributed by atoms with Crippen LogP contribution in [0, 0.1) is 24.2 Å². The number of ether oxygens (including phenoxy) is 1. The van der Waals surface area contributed by atoms with Crippen LogP contribution in [-0.2, 0) is 6.42 Å². The number of allylic oxidation sites excluding steroid dienone is 2. The minimum absolute atomic E-state index is 0.390. The van der Waals surface area contributed by atoms with Crippen molar-refractivity contribution >= 4 is 0 Å². The molecular weight excluding hydrogens is 236 g/mol. The van der Waals surface area contributed by atoms with Crippen LogP contribution in [0.4, 0.5) is 0 Å². The van der Waals surface area contributed by atoms with E-state index in [-0.39, 0.29) is 0 Å². The van der Waals surface area contributed by atoms with Gasteiger partial charge >= 0.3 is 0 Å². The number of hydrogen-bond acceptors (Lipinski definition) is 2. The third kappa shape index (κ3) is 1.37. The zero-order valence-electron chi connectivity index (χ0n) is 11.8. The Balaban J connectivity index is 1.78. The molecule has 100 valence electrons. The summed E-state index contributed by atoms with van der Waals surface area (Å²) in [5, 5.41) is 10.2. The van der Waals surface area contributed by atoms with Crippen molar-refractivity contribution in [2.24, 2.45) is 17.3 Å². The van der Waals surface area contributed by atoms with E-state index in [1.807, 2.05) is 19.1 Å². The predicted octanol–water partition coefficient (Wildman–Crippen LogP) is 3.96. The van der Waals surface area contributed by atoms with Crippen LogP contribution in [-0.4, -0.2) is 5.11 Å². The lowest BCUT2D eigenvalue weighted by Gasteiger charge is -2.58. The van der Waals surface area contributed by atoms with Gasteiger partial charge in [-0.2, -0.15) is 0 Å². The van der Waals surface area contributed by atoms with E-state index in [9.17, 15) is 5.11 Å². The molecule has 1 N–H and O–H groups in total. The number of phenols is 1. The Hall–Kier alpha value is -1.44. The molecule has 1 aromatic carbocycles. The molecule has 1 fully saturated rings. The van der Waals surface area contributed by atoms with E-state index < -0.39 is 0 Å². The highest BCUT2D eigenvalue weighted by atomic mass is 16.5. The predicted molar refractivity (Wildman–Crippen MR) is 74.2 cm³/mol. The Labute approximate surface area is 114 Å². The van der Waals surface area contributed by atoms with E-state index in [0.717, 1.165) is 35.6 Å². The summed E-state index contributed by atoms with van der Waals surface area (Å²) >= 11 is 0. The SMILES string of the molecule is Cc1cc(O)c2c(c1)OC1=C(C2)[C@@H]2C[C@H](C1)C2(C)C. The van der Waals surface area contributed by atoms with Gasteiger partial charge in [-0.25, -0.2) is 0 Å². The van der Waals surface area contributed by atoms with Crippen LogP contribution in [0.5, 0.6) is 11.5 Å². The van der Waals surface area contributed by atoms with Gasteiger partial charge in [-0.3, -0.25) is 0 Å². The topological polar surface area (TPSA) is 29.5 Å². The number of hydrogen-bond donors (Lipinski definition) is 1. The van der Waals surface area contributed by atoms with Crippen LogP contribution in [0.1, 0.15) is 37.8 Å². The van der Waals surface area contributed by atoms with Crippen molar-refractivity contribution < 1.29 is 9.84 Å². The molecule has 1 heterocycles. The van der Waals surface area contributed by atoms with Gasteiger partial charge in [0.05, 0.1) is 0 Å². The Kier molecular flexibility index (Phi) is 2.01. The molecule has 0 saturated heterocycles. The summed E-state index contributed by atoms with van der Waals surface area (Å²) in [5.41, 5.74) is 3.89. The smallest absolute Gasteiger partial charge is 0.134 e. The van der Waals surface area contributed by atoms with E-state index in [0.29, 0.717) is 17.1 Å². The van der Waals surface area contributed by atoms with Crippen molar-refractivity contribution in [3.05, 3.63) is 34.6 Å².